The molecule has 0 aromatic heterocycles. The van der Waals surface area contributed by atoms with Gasteiger partial charge in [-0.3, -0.25) is 10.1 Å². The van der Waals surface area contributed by atoms with Gasteiger partial charge in [0.05, 0.1) is 4.92 Å². The molecule has 0 unspecified atom stereocenters. The molecule has 1 N–H and O–H groups in total. The first-order valence-electron chi connectivity index (χ1n) is 3.17. The van der Waals surface area contributed by atoms with E-state index in [-0.39, 0.29) is 17.3 Å². The molecule has 1 aromatic carbocycles. The Kier molecular flexibility index (Phi) is 2.50. The van der Waals surface area contributed by atoms with Crippen LogP contribution in [0.25, 0.3) is 0 Å². The highest BCUT2D eigenvalue weighted by Gasteiger charge is 2.11. The number of nitrogens with zero attached hydrogens (tertiary/aromatic N) is 1. The molecule has 0 bridgehead atoms. The Labute approximate surface area is 73.5 Å². The maximum Gasteiger partial charge on any atom is 0.310 e. The van der Waals surface area contributed by atoms with Crippen molar-refractivity contribution in [3.8, 4) is 5.75 Å². The molecular formula is C7H6ClNO3. The van der Waals surface area contributed by atoms with Crippen LogP contribution >= 0.6 is 11.6 Å². The number of nitro benzene ring substituents is 1. The molecule has 0 saturated carbocycles. The Balaban J connectivity index is 3.12. The summed E-state index contributed by atoms with van der Waals surface area (Å²) in [7, 11) is 0. The lowest BCUT2D eigenvalue weighted by Crippen LogP contribution is -1.89. The van der Waals surface area contributed by atoms with Gasteiger partial charge in [-0.25, -0.2) is 0 Å². The van der Waals surface area contributed by atoms with Crippen molar-refractivity contribution in [2.75, 3.05) is 0 Å². The van der Waals surface area contributed by atoms with Crippen LogP contribution in [-0.4, -0.2) is 10.0 Å². The van der Waals surface area contributed by atoms with Crippen LogP contribution in [0.5, 0.6) is 5.75 Å². The van der Waals surface area contributed by atoms with Crippen molar-refractivity contribution in [1.82, 2.24) is 0 Å². The molecule has 5 heteroatoms. The summed E-state index contributed by atoms with van der Waals surface area (Å²) in [5.74, 6) is -0.121. The minimum Gasteiger partial charge on any atom is -0.502 e. The van der Waals surface area contributed by atoms with Crippen LogP contribution in [0.2, 0.25) is 0 Å². The summed E-state index contributed by atoms with van der Waals surface area (Å²) in [6.07, 6.45) is 0. The molecule has 0 aliphatic rings. The lowest BCUT2D eigenvalue weighted by atomic mass is 10.2. The molecule has 4 nitrogen and oxygen atoms in total. The molecule has 0 saturated heterocycles. The standard InChI is InChI=1S/C7H6ClNO3/c8-4-5-1-2-6(9(11)12)7(10)3-5/h1-3,10H,4H2. The summed E-state index contributed by atoms with van der Waals surface area (Å²) >= 11 is 5.45. The molecule has 0 atom stereocenters. The van der Waals surface area contributed by atoms with E-state index in [1.165, 1.54) is 18.2 Å². The number of hydrogen-bond acceptors (Lipinski definition) is 3. The van der Waals surface area contributed by atoms with Crippen LogP contribution in [0.1, 0.15) is 5.56 Å². The Morgan fingerprint density at radius 3 is 2.67 bits per heavy atom. The number of benzene rings is 1. The number of halogens is 1. The van der Waals surface area contributed by atoms with Crippen LogP contribution in [0.3, 0.4) is 0 Å². The highest BCUT2D eigenvalue weighted by Crippen LogP contribution is 2.26. The maximum absolute atomic E-state index is 10.2. The second kappa shape index (κ2) is 3.40. The van der Waals surface area contributed by atoms with Gasteiger partial charge in [-0.2, -0.15) is 0 Å². The predicted molar refractivity (Wildman–Crippen MR) is 44.3 cm³/mol. The van der Waals surface area contributed by atoms with Crippen molar-refractivity contribution < 1.29 is 10.0 Å². The van der Waals surface area contributed by atoms with Gasteiger partial charge in [0, 0.05) is 11.9 Å². The number of phenolic OH excluding ortho intramolecular Hbond substituents is 1. The molecule has 0 spiro atoms. The average Bonchev–Trinajstić information content (AvgIpc) is 2.03. The van der Waals surface area contributed by atoms with Gasteiger partial charge in [0.25, 0.3) is 0 Å². The van der Waals surface area contributed by atoms with E-state index in [2.05, 4.69) is 0 Å². The second-order valence-electron chi connectivity index (χ2n) is 2.21. The summed E-state index contributed by atoms with van der Waals surface area (Å²) in [6, 6.07) is 4.02. The molecule has 0 aliphatic heterocycles. The van der Waals surface area contributed by atoms with E-state index in [9.17, 15) is 10.1 Å². The minimum absolute atomic E-state index is 0.228. The summed E-state index contributed by atoms with van der Waals surface area (Å²) in [6.45, 7) is 0. The summed E-state index contributed by atoms with van der Waals surface area (Å²) in [5, 5.41) is 19.3. The van der Waals surface area contributed by atoms with Crippen molar-refractivity contribution in [2.24, 2.45) is 0 Å². The van der Waals surface area contributed by atoms with E-state index in [0.29, 0.717) is 5.56 Å². The SMILES string of the molecule is O=[N+]([O-])c1ccc(CCl)cc1O. The molecule has 0 amide bonds. The van der Waals surface area contributed by atoms with Gasteiger partial charge < -0.3 is 5.11 Å². The summed E-state index contributed by atoms with van der Waals surface area (Å²) in [4.78, 5) is 9.59. The highest BCUT2D eigenvalue weighted by molar-refractivity contribution is 6.17. The van der Waals surface area contributed by atoms with E-state index < -0.39 is 4.92 Å². The Morgan fingerprint density at radius 1 is 1.58 bits per heavy atom. The normalized spacial score (nSPS) is 9.75. The average molecular weight is 188 g/mol. The first-order valence-corrected chi connectivity index (χ1v) is 3.71. The maximum atomic E-state index is 10.2. The number of rotatable bonds is 2. The topological polar surface area (TPSA) is 63.4 Å². The quantitative estimate of drug-likeness (QED) is 0.438. The Hall–Kier alpha value is -1.29. The fourth-order valence-corrected chi connectivity index (χ4v) is 0.973. The number of phenols is 1. The van der Waals surface area contributed by atoms with E-state index in [1.54, 1.807) is 0 Å². The molecule has 1 aromatic rings. The van der Waals surface area contributed by atoms with Gasteiger partial charge >= 0.3 is 5.69 Å². The number of nitro groups is 1. The molecule has 0 radical (unpaired) electrons. The van der Waals surface area contributed by atoms with Gasteiger partial charge in [-0.15, -0.1) is 11.6 Å². The monoisotopic (exact) mass is 187 g/mol. The summed E-state index contributed by atoms with van der Waals surface area (Å²) < 4.78 is 0. The second-order valence-corrected chi connectivity index (χ2v) is 2.48. The van der Waals surface area contributed by atoms with Gasteiger partial charge in [0.1, 0.15) is 0 Å². The summed E-state index contributed by atoms with van der Waals surface area (Å²) in [5.41, 5.74) is 0.351. The van der Waals surface area contributed by atoms with Gasteiger partial charge in [0.15, 0.2) is 5.75 Å². The van der Waals surface area contributed by atoms with Gasteiger partial charge in [-0.1, -0.05) is 6.07 Å². The zero-order valence-corrected chi connectivity index (χ0v) is 6.78. The van der Waals surface area contributed by atoms with Crippen LogP contribution < -0.4 is 0 Å². The largest absolute Gasteiger partial charge is 0.502 e. The molecule has 12 heavy (non-hydrogen) atoms. The van der Waals surface area contributed by atoms with E-state index in [1.807, 2.05) is 0 Å². The number of aromatic hydroxyl groups is 1. The van der Waals surface area contributed by atoms with E-state index in [0.717, 1.165) is 0 Å². The molecule has 0 aliphatic carbocycles. The molecule has 64 valence electrons. The smallest absolute Gasteiger partial charge is 0.310 e. The lowest BCUT2D eigenvalue weighted by Gasteiger charge is -1.97. The van der Waals surface area contributed by atoms with Crippen molar-refractivity contribution in [3.05, 3.63) is 33.9 Å². The molecule has 0 heterocycles. The van der Waals surface area contributed by atoms with Crippen molar-refractivity contribution >= 4 is 17.3 Å². The third kappa shape index (κ3) is 1.65. The highest BCUT2D eigenvalue weighted by atomic mass is 35.5. The zero-order valence-electron chi connectivity index (χ0n) is 6.03. The van der Waals surface area contributed by atoms with E-state index in [4.69, 9.17) is 16.7 Å². The number of hydrogen-bond donors (Lipinski definition) is 1. The van der Waals surface area contributed by atoms with Crippen molar-refractivity contribution in [1.29, 1.82) is 0 Å². The van der Waals surface area contributed by atoms with Gasteiger partial charge in [-0.05, 0) is 11.6 Å². The zero-order chi connectivity index (χ0) is 9.14. The molecule has 0 fully saturated rings. The first kappa shape index (κ1) is 8.80. The molecule has 1 rings (SSSR count). The van der Waals surface area contributed by atoms with Crippen LogP contribution in [-0.2, 0) is 5.88 Å². The van der Waals surface area contributed by atoms with Crippen LogP contribution in [0.4, 0.5) is 5.69 Å². The number of alkyl halides is 1. The first-order chi connectivity index (χ1) is 5.65. The predicted octanol–water partition coefficient (Wildman–Crippen LogP) is 2.04. The fourth-order valence-electron chi connectivity index (χ4n) is 0.807. The Bertz CT molecular complexity index is 314. The van der Waals surface area contributed by atoms with Gasteiger partial charge in [0.2, 0.25) is 0 Å². The fraction of sp³-hybridized carbons (Fsp3) is 0.143. The molecular weight excluding hydrogens is 182 g/mol. The lowest BCUT2D eigenvalue weighted by molar-refractivity contribution is -0.385. The van der Waals surface area contributed by atoms with Crippen LogP contribution in [0, 0.1) is 10.1 Å². The van der Waals surface area contributed by atoms with Crippen molar-refractivity contribution in [2.45, 2.75) is 5.88 Å². The van der Waals surface area contributed by atoms with Crippen LogP contribution in [0.15, 0.2) is 18.2 Å². The third-order valence-corrected chi connectivity index (χ3v) is 1.70. The van der Waals surface area contributed by atoms with E-state index >= 15 is 0 Å². The Morgan fingerprint density at radius 2 is 2.25 bits per heavy atom. The third-order valence-electron chi connectivity index (χ3n) is 1.39. The minimum atomic E-state index is -0.645. The van der Waals surface area contributed by atoms with Crippen molar-refractivity contribution in [3.63, 3.8) is 0 Å².